The van der Waals surface area contributed by atoms with E-state index in [1.165, 1.54) is 37.4 Å². The number of benzene rings is 2. The maximum absolute atomic E-state index is 13.2. The molecule has 29 heavy (non-hydrogen) atoms. The first kappa shape index (κ1) is 20.6. The lowest BCUT2D eigenvalue weighted by atomic mass is 10.00. The van der Waals surface area contributed by atoms with Gasteiger partial charge in [0.15, 0.2) is 11.5 Å². The highest BCUT2D eigenvalue weighted by molar-refractivity contribution is 5.81. The van der Waals surface area contributed by atoms with Gasteiger partial charge in [0.05, 0.1) is 16.7 Å². The molecule has 0 bridgehead atoms. The lowest BCUT2D eigenvalue weighted by Crippen LogP contribution is -2.09. The van der Waals surface area contributed by atoms with Crippen molar-refractivity contribution in [1.82, 2.24) is 0 Å². The maximum atomic E-state index is 13.2. The molecule has 0 amide bonds. The Kier molecular flexibility index (Phi) is 5.25. The molecule has 0 atom stereocenters. The number of rotatable bonds is 4. The van der Waals surface area contributed by atoms with Crippen LogP contribution in [0.5, 0.6) is 5.75 Å². The summed E-state index contributed by atoms with van der Waals surface area (Å²) in [5.41, 5.74) is -2.00. The van der Waals surface area contributed by atoms with Crippen LogP contribution >= 0.6 is 0 Å². The number of furan rings is 1. The summed E-state index contributed by atoms with van der Waals surface area (Å²) in [5.74, 6) is -0.773. The predicted octanol–water partition coefficient (Wildman–Crippen LogP) is 6.32. The van der Waals surface area contributed by atoms with E-state index in [-0.39, 0.29) is 28.3 Å². The summed E-state index contributed by atoms with van der Waals surface area (Å²) in [6.07, 6.45) is -9.59. The van der Waals surface area contributed by atoms with E-state index in [0.29, 0.717) is 0 Å². The average molecular weight is 415 g/mol. The largest absolute Gasteiger partial charge is 0.504 e. The van der Waals surface area contributed by atoms with Crippen molar-refractivity contribution >= 4 is 5.88 Å². The van der Waals surface area contributed by atoms with Crippen LogP contribution in [0, 0.1) is 0 Å². The Balaban J connectivity index is 2.07. The monoisotopic (exact) mass is 415 g/mol. The topological polar surface area (TPSA) is 45.4 Å². The first-order valence-electron chi connectivity index (χ1n) is 8.37. The minimum atomic E-state index is -4.60. The van der Waals surface area contributed by atoms with Gasteiger partial charge in [-0.15, -0.1) is 0 Å². The number of alkyl halides is 6. The van der Waals surface area contributed by atoms with Gasteiger partial charge in [-0.25, -0.2) is 0 Å². The zero-order valence-electron chi connectivity index (χ0n) is 14.9. The third-order valence-corrected chi connectivity index (χ3v) is 4.33. The minimum Gasteiger partial charge on any atom is -0.504 e. The van der Waals surface area contributed by atoms with Crippen molar-refractivity contribution in [2.45, 2.75) is 18.8 Å². The molecule has 154 valence electrons. The molecule has 2 aromatic carbocycles. The zero-order valence-corrected chi connectivity index (χ0v) is 14.9. The van der Waals surface area contributed by atoms with E-state index in [2.05, 4.69) is 5.32 Å². The summed E-state index contributed by atoms with van der Waals surface area (Å²) in [6.45, 7) is 0. The van der Waals surface area contributed by atoms with Gasteiger partial charge in [-0.3, -0.25) is 0 Å². The molecule has 0 aliphatic heterocycles. The third kappa shape index (κ3) is 4.18. The Morgan fingerprint density at radius 3 is 2.24 bits per heavy atom. The van der Waals surface area contributed by atoms with Gasteiger partial charge >= 0.3 is 12.4 Å². The number of hydrogen-bond acceptors (Lipinski definition) is 3. The van der Waals surface area contributed by atoms with Crippen molar-refractivity contribution < 1.29 is 35.9 Å². The average Bonchev–Trinajstić information content (AvgIpc) is 2.96. The first-order valence-corrected chi connectivity index (χ1v) is 8.37. The standard InChI is InChI=1S/C20H15F6NO2/c1-27-18-16(12-6-4-7-13(9-12)19(21,22)23)17(28)15(29-18)10-11-5-2-3-8-14(11)20(24,25)26/h2-9,27-28H,10H2,1H3. The van der Waals surface area contributed by atoms with E-state index in [9.17, 15) is 31.4 Å². The highest BCUT2D eigenvalue weighted by Gasteiger charge is 2.34. The lowest BCUT2D eigenvalue weighted by molar-refractivity contribution is -0.138. The summed E-state index contributed by atoms with van der Waals surface area (Å²) in [5, 5.41) is 13.2. The molecule has 1 heterocycles. The van der Waals surface area contributed by atoms with Gasteiger partial charge in [-0.1, -0.05) is 30.3 Å². The molecule has 2 N–H and O–H groups in total. The molecule has 0 saturated carbocycles. The molecule has 0 radical (unpaired) electrons. The van der Waals surface area contributed by atoms with Crippen molar-refractivity contribution in [3.63, 3.8) is 0 Å². The van der Waals surface area contributed by atoms with Gasteiger partial charge in [0.2, 0.25) is 5.88 Å². The smallest absolute Gasteiger partial charge is 0.416 e. The van der Waals surface area contributed by atoms with E-state index in [1.807, 2.05) is 0 Å². The van der Waals surface area contributed by atoms with Crippen LogP contribution in [0.2, 0.25) is 0 Å². The summed E-state index contributed by atoms with van der Waals surface area (Å²) in [7, 11) is 1.42. The maximum Gasteiger partial charge on any atom is 0.416 e. The van der Waals surface area contributed by atoms with Gasteiger partial charge in [0.25, 0.3) is 0 Å². The van der Waals surface area contributed by atoms with Crippen molar-refractivity contribution in [1.29, 1.82) is 0 Å². The summed E-state index contributed by atoms with van der Waals surface area (Å²) < 4.78 is 84.1. The Morgan fingerprint density at radius 2 is 1.62 bits per heavy atom. The molecular formula is C20H15F6NO2. The van der Waals surface area contributed by atoms with Crippen molar-refractivity contribution in [3.05, 3.63) is 71.0 Å². The molecule has 3 nitrogen and oxygen atoms in total. The van der Waals surface area contributed by atoms with Crippen molar-refractivity contribution in [2.24, 2.45) is 0 Å². The van der Waals surface area contributed by atoms with E-state index >= 15 is 0 Å². The van der Waals surface area contributed by atoms with Crippen LogP contribution in [0.3, 0.4) is 0 Å². The second kappa shape index (κ2) is 7.38. The molecular weight excluding hydrogens is 400 g/mol. The van der Waals surface area contributed by atoms with Crippen LogP contribution in [0.15, 0.2) is 52.9 Å². The van der Waals surface area contributed by atoms with Crippen LogP contribution in [0.1, 0.15) is 22.5 Å². The van der Waals surface area contributed by atoms with E-state index in [1.54, 1.807) is 0 Å². The van der Waals surface area contributed by atoms with E-state index < -0.39 is 35.6 Å². The Morgan fingerprint density at radius 1 is 0.931 bits per heavy atom. The number of hydrogen-bond donors (Lipinski definition) is 2. The first-order chi connectivity index (χ1) is 13.5. The molecule has 0 fully saturated rings. The molecule has 0 saturated heterocycles. The minimum absolute atomic E-state index is 0.0146. The van der Waals surface area contributed by atoms with Gasteiger partial charge < -0.3 is 14.8 Å². The second-order valence-electron chi connectivity index (χ2n) is 6.24. The molecule has 9 heteroatoms. The fourth-order valence-electron chi connectivity index (χ4n) is 3.01. The van der Waals surface area contributed by atoms with Gasteiger partial charge in [0, 0.05) is 13.5 Å². The predicted molar refractivity (Wildman–Crippen MR) is 94.6 cm³/mol. The summed E-state index contributed by atoms with van der Waals surface area (Å²) >= 11 is 0. The number of aromatic hydroxyl groups is 1. The number of halogens is 6. The molecule has 0 unspecified atom stereocenters. The molecule has 3 rings (SSSR count). The fraction of sp³-hybridized carbons (Fsp3) is 0.200. The quantitative estimate of drug-likeness (QED) is 0.490. The molecule has 0 aliphatic rings. The van der Waals surface area contributed by atoms with Crippen LogP contribution < -0.4 is 5.32 Å². The highest BCUT2D eigenvalue weighted by Crippen LogP contribution is 2.44. The second-order valence-corrected chi connectivity index (χ2v) is 6.24. The van der Waals surface area contributed by atoms with E-state index in [4.69, 9.17) is 4.42 Å². The fourth-order valence-corrected chi connectivity index (χ4v) is 3.01. The van der Waals surface area contributed by atoms with Crippen LogP contribution in [-0.4, -0.2) is 12.2 Å². The van der Waals surface area contributed by atoms with Gasteiger partial charge in [-0.05, 0) is 29.3 Å². The highest BCUT2D eigenvalue weighted by atomic mass is 19.4. The number of anilines is 1. The van der Waals surface area contributed by atoms with Crippen LogP contribution in [-0.2, 0) is 18.8 Å². The molecule has 3 aromatic rings. The molecule has 1 aromatic heterocycles. The summed E-state index contributed by atoms with van der Waals surface area (Å²) in [4.78, 5) is 0. The zero-order chi connectivity index (χ0) is 21.4. The Hall–Kier alpha value is -3.10. The van der Waals surface area contributed by atoms with E-state index in [0.717, 1.165) is 18.2 Å². The Bertz CT molecular complexity index is 1020. The third-order valence-electron chi connectivity index (χ3n) is 4.33. The van der Waals surface area contributed by atoms with Crippen molar-refractivity contribution in [2.75, 3.05) is 12.4 Å². The summed E-state index contributed by atoms with van der Waals surface area (Å²) in [6, 6.07) is 9.02. The van der Waals surface area contributed by atoms with Crippen LogP contribution in [0.4, 0.5) is 32.2 Å². The van der Waals surface area contributed by atoms with Gasteiger partial charge in [0.1, 0.15) is 0 Å². The SMILES string of the molecule is CNc1oc(Cc2ccccc2C(F)(F)F)c(O)c1-c1cccc(C(F)(F)F)c1. The molecule has 0 aliphatic carbocycles. The van der Waals surface area contributed by atoms with Crippen LogP contribution in [0.25, 0.3) is 11.1 Å². The molecule has 0 spiro atoms. The van der Waals surface area contributed by atoms with Gasteiger partial charge in [-0.2, -0.15) is 26.3 Å². The van der Waals surface area contributed by atoms with Crippen molar-refractivity contribution in [3.8, 4) is 16.9 Å². The lowest BCUT2D eigenvalue weighted by Gasteiger charge is -2.11. The number of nitrogens with one attached hydrogen (secondary N) is 1. The normalized spacial score (nSPS) is 12.2. The Labute approximate surface area is 161 Å².